The second-order valence-corrected chi connectivity index (χ2v) is 5.67. The van der Waals surface area contributed by atoms with Crippen molar-refractivity contribution in [3.05, 3.63) is 71.3 Å². The Morgan fingerprint density at radius 3 is 2.12 bits per heavy atom. The van der Waals surface area contributed by atoms with Crippen LogP contribution in [0.3, 0.4) is 0 Å². The Kier molecular flexibility index (Phi) is 6.77. The third kappa shape index (κ3) is 6.23. The number of nitrogens with one attached hydrogen (secondary N) is 2. The molecule has 0 aliphatic rings. The first kappa shape index (κ1) is 19.5. The van der Waals surface area contributed by atoms with Gasteiger partial charge in [0, 0.05) is 25.1 Å². The van der Waals surface area contributed by atoms with Crippen molar-refractivity contribution in [1.82, 2.24) is 10.6 Å². The van der Waals surface area contributed by atoms with Crippen molar-refractivity contribution in [2.45, 2.75) is 19.0 Å². The highest BCUT2D eigenvalue weighted by Gasteiger charge is 2.29. The van der Waals surface area contributed by atoms with E-state index in [2.05, 4.69) is 10.6 Å². The Balaban J connectivity index is 1.65. The van der Waals surface area contributed by atoms with Gasteiger partial charge in [-0.05, 0) is 36.2 Å². The molecule has 0 atom stereocenters. The summed E-state index contributed by atoms with van der Waals surface area (Å²) < 4.78 is 37.4. The average molecular weight is 364 g/mol. The number of amides is 2. The second kappa shape index (κ2) is 9.03. The summed E-state index contributed by atoms with van der Waals surface area (Å²) in [6.45, 7) is 0.524. The minimum Gasteiger partial charge on any atom is -0.356 e. The van der Waals surface area contributed by atoms with Gasteiger partial charge < -0.3 is 10.6 Å². The highest BCUT2D eigenvalue weighted by atomic mass is 19.4. The van der Waals surface area contributed by atoms with Crippen molar-refractivity contribution in [2.75, 3.05) is 13.1 Å². The van der Waals surface area contributed by atoms with Crippen LogP contribution < -0.4 is 10.6 Å². The summed E-state index contributed by atoms with van der Waals surface area (Å²) >= 11 is 0. The molecule has 2 aromatic carbocycles. The van der Waals surface area contributed by atoms with Crippen LogP contribution in [0.25, 0.3) is 0 Å². The van der Waals surface area contributed by atoms with Gasteiger partial charge in [-0.25, -0.2) is 0 Å². The molecule has 4 nitrogen and oxygen atoms in total. The number of hydrogen-bond acceptors (Lipinski definition) is 2. The summed E-state index contributed by atoms with van der Waals surface area (Å²) in [7, 11) is 0. The van der Waals surface area contributed by atoms with Crippen LogP contribution in [-0.4, -0.2) is 24.9 Å². The van der Waals surface area contributed by atoms with Crippen molar-refractivity contribution < 1.29 is 22.8 Å². The van der Waals surface area contributed by atoms with Crippen LogP contribution >= 0.6 is 0 Å². The molecule has 0 fully saturated rings. The van der Waals surface area contributed by atoms with Gasteiger partial charge in [0.05, 0.1) is 5.56 Å². The average Bonchev–Trinajstić information content (AvgIpc) is 2.62. The van der Waals surface area contributed by atoms with Crippen molar-refractivity contribution >= 4 is 11.8 Å². The molecule has 26 heavy (non-hydrogen) atoms. The number of halogens is 3. The molecule has 2 rings (SSSR count). The zero-order valence-corrected chi connectivity index (χ0v) is 14.0. The monoisotopic (exact) mass is 364 g/mol. The Morgan fingerprint density at radius 1 is 0.846 bits per heavy atom. The summed E-state index contributed by atoms with van der Waals surface area (Å²) in [4.78, 5) is 23.5. The van der Waals surface area contributed by atoms with E-state index < -0.39 is 11.7 Å². The van der Waals surface area contributed by atoms with Gasteiger partial charge in [0.1, 0.15) is 0 Å². The lowest BCUT2D eigenvalue weighted by Gasteiger charge is -2.09. The Morgan fingerprint density at radius 2 is 1.50 bits per heavy atom. The van der Waals surface area contributed by atoms with E-state index in [-0.39, 0.29) is 24.8 Å². The first-order valence-electron chi connectivity index (χ1n) is 8.12. The maximum Gasteiger partial charge on any atom is 0.416 e. The number of alkyl halides is 3. The summed E-state index contributed by atoms with van der Waals surface area (Å²) in [5, 5.41) is 5.33. The van der Waals surface area contributed by atoms with E-state index in [1.54, 1.807) is 30.3 Å². The predicted molar refractivity (Wildman–Crippen MR) is 91.5 cm³/mol. The van der Waals surface area contributed by atoms with Gasteiger partial charge in [0.2, 0.25) is 5.91 Å². The Labute approximate surface area is 149 Å². The van der Waals surface area contributed by atoms with Crippen LogP contribution in [0, 0.1) is 0 Å². The van der Waals surface area contributed by atoms with E-state index in [0.717, 1.165) is 12.1 Å². The van der Waals surface area contributed by atoms with Crippen LogP contribution in [0.1, 0.15) is 27.9 Å². The lowest BCUT2D eigenvalue weighted by atomic mass is 10.1. The molecule has 0 radical (unpaired) electrons. The van der Waals surface area contributed by atoms with Gasteiger partial charge in [0.15, 0.2) is 0 Å². The fraction of sp³-hybridized carbons (Fsp3) is 0.263. The fourth-order valence-electron chi connectivity index (χ4n) is 2.28. The third-order valence-corrected chi connectivity index (χ3v) is 3.69. The highest BCUT2D eigenvalue weighted by Crippen LogP contribution is 2.29. The third-order valence-electron chi connectivity index (χ3n) is 3.69. The molecule has 0 saturated heterocycles. The molecular weight excluding hydrogens is 345 g/mol. The summed E-state index contributed by atoms with van der Waals surface area (Å²) in [5.74, 6) is -0.478. The molecule has 2 aromatic rings. The molecule has 2 amide bonds. The molecule has 0 aliphatic carbocycles. The van der Waals surface area contributed by atoms with Crippen molar-refractivity contribution in [1.29, 1.82) is 0 Å². The fourth-order valence-corrected chi connectivity index (χ4v) is 2.28. The molecule has 0 aromatic heterocycles. The Bertz CT molecular complexity index is 729. The summed E-state index contributed by atoms with van der Waals surface area (Å²) in [6, 6.07) is 13.5. The maximum absolute atomic E-state index is 12.5. The molecule has 0 heterocycles. The van der Waals surface area contributed by atoms with Crippen molar-refractivity contribution in [3.63, 3.8) is 0 Å². The largest absolute Gasteiger partial charge is 0.416 e. The van der Waals surface area contributed by atoms with Crippen LogP contribution in [-0.2, 0) is 17.4 Å². The van der Waals surface area contributed by atoms with E-state index in [1.807, 2.05) is 0 Å². The molecule has 0 spiro atoms. The van der Waals surface area contributed by atoms with Crippen LogP contribution in [0.4, 0.5) is 13.2 Å². The quantitative estimate of drug-likeness (QED) is 0.793. The van der Waals surface area contributed by atoms with Crippen LogP contribution in [0.15, 0.2) is 54.6 Å². The smallest absolute Gasteiger partial charge is 0.356 e. The lowest BCUT2D eigenvalue weighted by Crippen LogP contribution is -2.31. The molecule has 0 unspecified atom stereocenters. The van der Waals surface area contributed by atoms with Crippen molar-refractivity contribution in [2.24, 2.45) is 0 Å². The normalized spacial score (nSPS) is 11.0. The number of hydrogen-bond donors (Lipinski definition) is 2. The van der Waals surface area contributed by atoms with Crippen LogP contribution in [0.5, 0.6) is 0 Å². The first-order valence-corrected chi connectivity index (χ1v) is 8.12. The SMILES string of the molecule is O=C(CCNC(=O)c1ccccc1)NCCc1ccc(C(F)(F)F)cc1. The van der Waals surface area contributed by atoms with E-state index in [1.165, 1.54) is 12.1 Å². The van der Waals surface area contributed by atoms with Crippen LogP contribution in [0.2, 0.25) is 0 Å². The molecule has 0 saturated carbocycles. The summed E-state index contributed by atoms with van der Waals surface area (Å²) in [5.41, 5.74) is 0.533. The van der Waals surface area contributed by atoms with E-state index in [9.17, 15) is 22.8 Å². The van der Waals surface area contributed by atoms with Gasteiger partial charge >= 0.3 is 6.18 Å². The topological polar surface area (TPSA) is 58.2 Å². The highest BCUT2D eigenvalue weighted by molar-refractivity contribution is 5.94. The molecule has 138 valence electrons. The van der Waals surface area contributed by atoms with Gasteiger partial charge in [-0.1, -0.05) is 30.3 Å². The zero-order valence-electron chi connectivity index (χ0n) is 14.0. The van der Waals surface area contributed by atoms with E-state index >= 15 is 0 Å². The van der Waals surface area contributed by atoms with E-state index in [0.29, 0.717) is 24.1 Å². The predicted octanol–water partition coefficient (Wildman–Crippen LogP) is 3.18. The Hall–Kier alpha value is -2.83. The number of rotatable bonds is 7. The maximum atomic E-state index is 12.5. The standard InChI is InChI=1S/C19H19F3N2O2/c20-19(21,22)16-8-6-14(7-9-16)10-12-23-17(25)11-13-24-18(26)15-4-2-1-3-5-15/h1-9H,10-13H2,(H,23,25)(H,24,26). The molecule has 0 aliphatic heterocycles. The van der Waals surface area contributed by atoms with Gasteiger partial charge in [-0.2, -0.15) is 13.2 Å². The number of carbonyl (C=O) groups is 2. The molecule has 2 N–H and O–H groups in total. The minimum atomic E-state index is -4.35. The van der Waals surface area contributed by atoms with Gasteiger partial charge in [0.25, 0.3) is 5.91 Å². The van der Waals surface area contributed by atoms with Crippen molar-refractivity contribution in [3.8, 4) is 0 Å². The van der Waals surface area contributed by atoms with Gasteiger partial charge in [-0.3, -0.25) is 9.59 Å². The minimum absolute atomic E-state index is 0.131. The van der Waals surface area contributed by atoms with E-state index in [4.69, 9.17) is 0 Å². The lowest BCUT2D eigenvalue weighted by molar-refractivity contribution is -0.137. The molecule has 7 heteroatoms. The first-order chi connectivity index (χ1) is 12.4. The summed E-state index contributed by atoms with van der Waals surface area (Å²) in [6.07, 6.45) is -3.79. The zero-order chi connectivity index (χ0) is 19.0. The number of carbonyl (C=O) groups excluding carboxylic acids is 2. The second-order valence-electron chi connectivity index (χ2n) is 5.67. The molecular formula is C19H19F3N2O2. The van der Waals surface area contributed by atoms with Gasteiger partial charge in [-0.15, -0.1) is 0 Å². The molecule has 0 bridgehead atoms. The number of benzene rings is 2.